The molecule has 0 aliphatic carbocycles. The third-order valence-electron chi connectivity index (χ3n) is 8.23. The fourth-order valence-electron chi connectivity index (χ4n) is 5.57. The van der Waals surface area contributed by atoms with E-state index in [2.05, 4.69) is 11.8 Å². The van der Waals surface area contributed by atoms with E-state index in [1.165, 1.54) is 6.07 Å². The number of ether oxygens (including phenoxy) is 4. The van der Waals surface area contributed by atoms with Crippen LogP contribution in [0.15, 0.2) is 45.6 Å². The van der Waals surface area contributed by atoms with E-state index < -0.39 is 101 Å². The number of phenols is 3. The second-order valence-corrected chi connectivity index (χ2v) is 11.3. The van der Waals surface area contributed by atoms with Crippen molar-refractivity contribution in [2.45, 2.75) is 66.8 Å². The number of hydrogen-bond acceptors (Lipinski definition) is 17. The van der Waals surface area contributed by atoms with Crippen molar-refractivity contribution in [1.29, 1.82) is 0 Å². The Morgan fingerprint density at radius 3 is 2.23 bits per heavy atom. The molecule has 48 heavy (non-hydrogen) atoms. The van der Waals surface area contributed by atoms with Crippen molar-refractivity contribution in [3.05, 3.63) is 46.6 Å². The summed E-state index contributed by atoms with van der Waals surface area (Å²) < 4.78 is 27.2. The molecule has 18 nitrogen and oxygen atoms in total. The predicted molar refractivity (Wildman–Crippen MR) is 151 cm³/mol. The Bertz CT molecular complexity index is 1930. The van der Waals surface area contributed by atoms with Gasteiger partial charge in [-0.2, -0.15) is 0 Å². The summed E-state index contributed by atoms with van der Waals surface area (Å²) in [5, 5.41) is 103. The van der Waals surface area contributed by atoms with Gasteiger partial charge in [0.05, 0.1) is 6.42 Å². The first-order chi connectivity index (χ1) is 22.6. The topological polar surface area (TPSA) is 304 Å². The van der Waals surface area contributed by atoms with E-state index in [1.807, 2.05) is 0 Å². The molecule has 0 saturated carbocycles. The van der Waals surface area contributed by atoms with E-state index in [4.69, 9.17) is 23.4 Å². The Hall–Kier alpha value is -4.97. The Morgan fingerprint density at radius 1 is 0.833 bits per heavy atom. The molecule has 254 valence electrons. The van der Waals surface area contributed by atoms with Crippen LogP contribution in [0.3, 0.4) is 0 Å². The van der Waals surface area contributed by atoms with E-state index in [9.17, 15) is 65.4 Å². The number of carbonyl (C=O) groups excluding carboxylic acids is 1. The van der Waals surface area contributed by atoms with E-state index >= 15 is 0 Å². The second-order valence-electron chi connectivity index (χ2n) is 11.3. The standard InChI is InChI=1S/C30H26O18/c31-12-3-2-10(6-13(12)32)16-9-15(34)18-14(33)7-11(8-17(18)45-16)44-25-21(37)20(36)24(40)30(48-25)5-1-4-29(27(41)42)23(39)19(35)22(38)26(47-29)46-28(30)43/h2-3,6-9,19-26,31-33,35-40H,5H2,(H,41,42)/t19-,20-,21-,22-,23+,24+,25-,26+,29-,30+/m1/s1. The van der Waals surface area contributed by atoms with Crippen molar-refractivity contribution in [2.24, 2.45) is 0 Å². The minimum absolute atomic E-state index is 0.110. The number of benzene rings is 2. The van der Waals surface area contributed by atoms with Crippen LogP contribution in [-0.4, -0.2) is 123 Å². The molecule has 10 N–H and O–H groups in total. The Balaban J connectivity index is 1.38. The lowest BCUT2D eigenvalue weighted by molar-refractivity contribution is -0.329. The molecule has 1 aromatic heterocycles. The normalized spacial score (nSPS) is 34.7. The van der Waals surface area contributed by atoms with Gasteiger partial charge in [-0.05, 0) is 18.2 Å². The molecular formula is C30H26O18. The van der Waals surface area contributed by atoms with Crippen molar-refractivity contribution < 1.29 is 84.0 Å². The smallest absolute Gasteiger partial charge is 0.351 e. The monoisotopic (exact) mass is 674 g/mol. The van der Waals surface area contributed by atoms with Gasteiger partial charge >= 0.3 is 11.9 Å². The molecule has 6 rings (SSSR count). The van der Waals surface area contributed by atoms with Gasteiger partial charge in [0.25, 0.3) is 5.60 Å². The highest BCUT2D eigenvalue weighted by Crippen LogP contribution is 2.40. The number of carboxylic acid groups (broad SMARTS) is 1. The van der Waals surface area contributed by atoms with Gasteiger partial charge in [0, 0.05) is 23.8 Å². The van der Waals surface area contributed by atoms with E-state index in [-0.39, 0.29) is 28.0 Å². The number of esters is 1. The van der Waals surface area contributed by atoms with Gasteiger partial charge in [-0.3, -0.25) is 4.79 Å². The van der Waals surface area contributed by atoms with Crippen LogP contribution in [-0.2, 0) is 23.8 Å². The minimum atomic E-state index is -2.92. The minimum Gasteiger partial charge on any atom is -0.507 e. The average Bonchev–Trinajstić information content (AvgIpc) is 3.09. The fourth-order valence-corrected chi connectivity index (χ4v) is 5.57. The highest BCUT2D eigenvalue weighted by Gasteiger charge is 2.64. The molecule has 2 aromatic carbocycles. The Labute approximate surface area is 266 Å². The van der Waals surface area contributed by atoms with Gasteiger partial charge in [-0.1, -0.05) is 11.8 Å². The summed E-state index contributed by atoms with van der Waals surface area (Å²) in [7, 11) is 0. The van der Waals surface area contributed by atoms with E-state index in [0.29, 0.717) is 0 Å². The third kappa shape index (κ3) is 5.06. The second kappa shape index (κ2) is 11.6. The van der Waals surface area contributed by atoms with Gasteiger partial charge in [-0.15, -0.1) is 0 Å². The van der Waals surface area contributed by atoms with Crippen molar-refractivity contribution in [1.82, 2.24) is 0 Å². The van der Waals surface area contributed by atoms with Crippen molar-refractivity contribution in [2.75, 3.05) is 0 Å². The zero-order chi connectivity index (χ0) is 34.9. The van der Waals surface area contributed by atoms with Crippen LogP contribution in [0.1, 0.15) is 6.42 Å². The van der Waals surface area contributed by atoms with Crippen molar-refractivity contribution in [3.63, 3.8) is 0 Å². The molecule has 3 aliphatic rings. The first kappa shape index (κ1) is 33.0. The molecule has 0 radical (unpaired) electrons. The molecule has 0 unspecified atom stereocenters. The number of aromatic hydroxyl groups is 3. The number of aliphatic hydroxyl groups is 6. The molecule has 0 amide bonds. The molecule has 1 spiro atoms. The summed E-state index contributed by atoms with van der Waals surface area (Å²) >= 11 is 0. The molecule has 2 bridgehead atoms. The van der Waals surface area contributed by atoms with E-state index in [0.717, 1.165) is 30.3 Å². The largest absolute Gasteiger partial charge is 0.507 e. The zero-order valence-corrected chi connectivity index (χ0v) is 24.0. The van der Waals surface area contributed by atoms with Crippen LogP contribution in [0.4, 0.5) is 0 Å². The molecule has 3 aromatic rings. The van der Waals surface area contributed by atoms with Crippen LogP contribution < -0.4 is 10.2 Å². The van der Waals surface area contributed by atoms with Crippen molar-refractivity contribution >= 4 is 22.9 Å². The summed E-state index contributed by atoms with van der Waals surface area (Å²) in [6, 6.07) is 6.55. The number of carbonyl (C=O) groups is 2. The third-order valence-corrected chi connectivity index (χ3v) is 8.23. The molecule has 2 saturated heterocycles. The number of aliphatic hydroxyl groups excluding tert-OH is 6. The summed E-state index contributed by atoms with van der Waals surface area (Å²) in [5.74, 6) is -1.40. The maximum absolute atomic E-state index is 13.5. The SMILES string of the molecule is O=C(O)[C@]12C#CC[C@@]3(O[C@@H](Oc4cc(O)c5c(=O)cc(-c6ccc(O)c(O)c6)oc5c4)[C@H](O)[C@@H](O)[C@@H]3O)C(=O)O[C@@H](O1)[C@H](O)[C@@H](O)[C@@H]2O. The maximum atomic E-state index is 13.5. The highest BCUT2D eigenvalue weighted by molar-refractivity contribution is 5.87. The van der Waals surface area contributed by atoms with E-state index in [1.54, 1.807) is 0 Å². The van der Waals surface area contributed by atoms with Crippen LogP contribution >= 0.6 is 0 Å². The lowest BCUT2D eigenvalue weighted by Gasteiger charge is -2.47. The number of rotatable bonds is 4. The van der Waals surface area contributed by atoms with Gasteiger partial charge in [-0.25, -0.2) is 9.59 Å². The predicted octanol–water partition coefficient (Wildman–Crippen LogP) is -2.65. The zero-order valence-electron chi connectivity index (χ0n) is 24.0. The summed E-state index contributed by atoms with van der Waals surface area (Å²) in [6.45, 7) is 0. The molecule has 2 fully saturated rings. The van der Waals surface area contributed by atoms with Gasteiger partial charge in [0.2, 0.25) is 18.2 Å². The first-order valence-electron chi connectivity index (χ1n) is 14.0. The van der Waals surface area contributed by atoms with Crippen LogP contribution in [0.5, 0.6) is 23.0 Å². The highest BCUT2D eigenvalue weighted by atomic mass is 16.8. The van der Waals surface area contributed by atoms with Gasteiger partial charge in [0.15, 0.2) is 16.9 Å². The van der Waals surface area contributed by atoms with Gasteiger partial charge < -0.3 is 74.4 Å². The first-order valence-corrected chi connectivity index (χ1v) is 14.0. The van der Waals surface area contributed by atoms with Crippen LogP contribution in [0.25, 0.3) is 22.3 Å². The summed E-state index contributed by atoms with van der Waals surface area (Å²) in [5.41, 5.74) is -6.57. The number of carboxylic acids is 1. The molecule has 18 heteroatoms. The number of fused-ring (bicyclic) bond motifs is 3. The molecule has 3 aliphatic heterocycles. The maximum Gasteiger partial charge on any atom is 0.351 e. The quantitative estimate of drug-likeness (QED) is 0.0767. The van der Waals surface area contributed by atoms with Crippen LogP contribution in [0, 0.1) is 11.8 Å². The Morgan fingerprint density at radius 2 is 1.54 bits per heavy atom. The molecule has 4 heterocycles. The number of phenolic OH excluding ortho intramolecular Hbond substituents is 3. The molecule has 10 atom stereocenters. The number of hydrogen-bond donors (Lipinski definition) is 10. The Kier molecular flexibility index (Phi) is 7.98. The number of aliphatic carboxylic acids is 1. The van der Waals surface area contributed by atoms with Crippen molar-refractivity contribution in [3.8, 4) is 46.2 Å². The molecular weight excluding hydrogens is 648 g/mol. The van der Waals surface area contributed by atoms with Gasteiger partial charge in [0.1, 0.15) is 64.9 Å². The fraction of sp³-hybridized carbons (Fsp3) is 0.367. The summed E-state index contributed by atoms with van der Waals surface area (Å²) in [6.07, 6.45) is -18.9. The average molecular weight is 675 g/mol. The lowest BCUT2D eigenvalue weighted by Crippen LogP contribution is -2.70. The summed E-state index contributed by atoms with van der Waals surface area (Å²) in [4.78, 5) is 38.5. The van der Waals surface area contributed by atoms with Crippen LogP contribution in [0.2, 0.25) is 0 Å². The lowest BCUT2D eigenvalue weighted by atomic mass is 9.83.